The van der Waals surface area contributed by atoms with Crippen molar-refractivity contribution in [3.8, 4) is 0 Å². The van der Waals surface area contributed by atoms with E-state index >= 15 is 0 Å². The van der Waals surface area contributed by atoms with Crippen molar-refractivity contribution in [1.82, 2.24) is 10.3 Å². The molecule has 3 rings (SSSR count). The largest absolute Gasteiger partial charge is 0.369 e. The third-order valence-electron chi connectivity index (χ3n) is 3.08. The van der Waals surface area contributed by atoms with E-state index in [-0.39, 0.29) is 11.1 Å². The van der Waals surface area contributed by atoms with Gasteiger partial charge >= 0.3 is 6.03 Å². The van der Waals surface area contributed by atoms with Crippen LogP contribution in [0.15, 0.2) is 58.3 Å². The van der Waals surface area contributed by atoms with E-state index in [0.29, 0.717) is 15.8 Å². The molecule has 0 aliphatic rings. The maximum atomic E-state index is 12.8. The Hall–Kier alpha value is -3.33. The Bertz CT molecular complexity index is 1020. The summed E-state index contributed by atoms with van der Waals surface area (Å²) >= 11 is 1.17. The van der Waals surface area contributed by atoms with Gasteiger partial charge in [-0.15, -0.1) is 0 Å². The molecule has 0 unspecified atom stereocenters. The normalized spacial score (nSPS) is 11.3. The average molecular weight is 357 g/mol. The predicted octanol–water partition coefficient (Wildman–Crippen LogP) is 2.56. The Balaban J connectivity index is 1.74. The lowest BCUT2D eigenvalue weighted by atomic mass is 10.3. The molecule has 0 atom stereocenters. The van der Waals surface area contributed by atoms with Crippen molar-refractivity contribution in [3.63, 3.8) is 0 Å². The number of hydrogen-bond donors (Lipinski definition) is 3. The molecule has 0 fully saturated rings. The summed E-state index contributed by atoms with van der Waals surface area (Å²) in [6, 6.07) is 11.6. The van der Waals surface area contributed by atoms with Crippen LogP contribution >= 0.6 is 11.3 Å². The van der Waals surface area contributed by atoms with Crippen LogP contribution in [0.25, 0.3) is 10.1 Å². The summed E-state index contributed by atoms with van der Waals surface area (Å²) in [5, 5.41) is 5.40. The summed E-state index contributed by atoms with van der Waals surface area (Å²) in [7, 11) is 0. The molecule has 9 heteroatoms. The molecule has 4 N–H and O–H groups in total. The fourth-order valence-electron chi connectivity index (χ4n) is 1.99. The molecule has 0 aliphatic carbocycles. The number of benzene rings is 2. The molecule has 0 saturated heterocycles. The molecule has 0 saturated carbocycles. The molecular weight excluding hydrogens is 345 g/mol. The predicted molar refractivity (Wildman–Crippen MR) is 95.7 cm³/mol. The van der Waals surface area contributed by atoms with Crippen LogP contribution in [0, 0.1) is 5.82 Å². The van der Waals surface area contributed by atoms with Gasteiger partial charge in [0.15, 0.2) is 0 Å². The lowest BCUT2D eigenvalue weighted by Crippen LogP contribution is -2.39. The number of carbonyl (C=O) groups is 1. The van der Waals surface area contributed by atoms with Gasteiger partial charge in [0, 0.05) is 10.4 Å². The number of nitrogens with two attached hydrogens (primary N) is 1. The number of hydrogen-bond acceptors (Lipinski definition) is 5. The van der Waals surface area contributed by atoms with Gasteiger partial charge in [0.05, 0.1) is 5.39 Å². The van der Waals surface area contributed by atoms with Crippen molar-refractivity contribution in [2.24, 2.45) is 10.7 Å². The van der Waals surface area contributed by atoms with E-state index in [4.69, 9.17) is 5.73 Å². The first kappa shape index (κ1) is 16.5. The summed E-state index contributed by atoms with van der Waals surface area (Å²) in [6.07, 6.45) is 0. The Morgan fingerprint density at radius 1 is 1.16 bits per heavy atom. The van der Waals surface area contributed by atoms with Crippen molar-refractivity contribution in [1.29, 1.82) is 0 Å². The van der Waals surface area contributed by atoms with Crippen LogP contribution in [0.4, 0.5) is 20.0 Å². The van der Waals surface area contributed by atoms with Crippen molar-refractivity contribution in [2.45, 2.75) is 0 Å². The van der Waals surface area contributed by atoms with E-state index in [0.717, 1.165) is 0 Å². The van der Waals surface area contributed by atoms with Crippen LogP contribution in [-0.4, -0.2) is 17.0 Å². The van der Waals surface area contributed by atoms with Gasteiger partial charge in [-0.1, -0.05) is 23.5 Å². The minimum absolute atomic E-state index is 0.128. The first-order valence-electron chi connectivity index (χ1n) is 7.09. The van der Waals surface area contributed by atoms with Crippen LogP contribution in [0.5, 0.6) is 0 Å². The highest BCUT2D eigenvalue weighted by molar-refractivity contribution is 7.21. The third kappa shape index (κ3) is 4.15. The number of carbonyl (C=O) groups excluding carboxylic acids is 1. The van der Waals surface area contributed by atoms with Gasteiger partial charge in [0.2, 0.25) is 11.1 Å². The van der Waals surface area contributed by atoms with Crippen LogP contribution in [0.1, 0.15) is 0 Å². The van der Waals surface area contributed by atoms with Crippen molar-refractivity contribution >= 4 is 44.2 Å². The minimum Gasteiger partial charge on any atom is -0.369 e. The molecule has 1 aromatic heterocycles. The van der Waals surface area contributed by atoms with Crippen LogP contribution in [0.2, 0.25) is 0 Å². The second-order valence-electron chi connectivity index (χ2n) is 4.88. The number of rotatable bonds is 2. The van der Waals surface area contributed by atoms with E-state index < -0.39 is 17.4 Å². The average Bonchev–Trinajstić information content (AvgIpc) is 2.57. The summed E-state index contributed by atoms with van der Waals surface area (Å²) in [4.78, 5) is 31.5. The second-order valence-corrected chi connectivity index (χ2v) is 5.89. The SMILES string of the molecule is N/C(=N\c1nc(=O)c2ccccc2s1)NC(=O)Nc1ccc(F)cc1. The molecular formula is C16H12FN5O2S. The monoisotopic (exact) mass is 357 g/mol. The Morgan fingerprint density at radius 3 is 2.64 bits per heavy atom. The summed E-state index contributed by atoms with van der Waals surface area (Å²) < 4.78 is 13.5. The second kappa shape index (κ2) is 7.05. The molecule has 7 nitrogen and oxygen atoms in total. The number of halogens is 1. The third-order valence-corrected chi connectivity index (χ3v) is 4.02. The van der Waals surface area contributed by atoms with E-state index in [1.807, 2.05) is 0 Å². The minimum atomic E-state index is -0.652. The van der Waals surface area contributed by atoms with Crippen LogP contribution in [-0.2, 0) is 0 Å². The maximum absolute atomic E-state index is 12.8. The molecule has 1 heterocycles. The molecule has 0 spiro atoms. The number of guanidine groups is 1. The first-order chi connectivity index (χ1) is 12.0. The molecule has 3 aromatic rings. The molecule has 2 amide bonds. The number of amides is 2. The van der Waals surface area contributed by atoms with Crippen molar-refractivity contribution in [3.05, 3.63) is 64.7 Å². The van der Waals surface area contributed by atoms with E-state index in [1.54, 1.807) is 24.3 Å². The molecule has 2 aromatic carbocycles. The fourth-order valence-corrected chi connectivity index (χ4v) is 2.87. The van der Waals surface area contributed by atoms with Crippen molar-refractivity contribution < 1.29 is 9.18 Å². The molecule has 0 aliphatic heterocycles. The summed E-state index contributed by atoms with van der Waals surface area (Å²) in [5.41, 5.74) is 5.63. The van der Waals surface area contributed by atoms with Gasteiger partial charge in [-0.3, -0.25) is 10.1 Å². The zero-order chi connectivity index (χ0) is 17.8. The first-order valence-corrected chi connectivity index (χ1v) is 7.90. The maximum Gasteiger partial charge on any atom is 0.325 e. The Kier molecular flexibility index (Phi) is 4.66. The van der Waals surface area contributed by atoms with Gasteiger partial charge in [-0.2, -0.15) is 9.98 Å². The Labute approximate surface area is 145 Å². The number of anilines is 1. The van der Waals surface area contributed by atoms with Gasteiger partial charge < -0.3 is 11.1 Å². The highest BCUT2D eigenvalue weighted by Gasteiger charge is 2.07. The van der Waals surface area contributed by atoms with E-state index in [1.165, 1.54) is 35.6 Å². The quantitative estimate of drug-likeness (QED) is 0.484. The lowest BCUT2D eigenvalue weighted by molar-refractivity contribution is 0.256. The lowest BCUT2D eigenvalue weighted by Gasteiger charge is -2.06. The highest BCUT2D eigenvalue weighted by atomic mass is 32.1. The van der Waals surface area contributed by atoms with Gasteiger partial charge in [0.25, 0.3) is 5.56 Å². The van der Waals surface area contributed by atoms with Gasteiger partial charge in [-0.05, 0) is 36.4 Å². The summed E-state index contributed by atoms with van der Waals surface area (Å²) in [6.45, 7) is 0. The van der Waals surface area contributed by atoms with E-state index in [2.05, 4.69) is 20.6 Å². The molecule has 0 radical (unpaired) electrons. The van der Waals surface area contributed by atoms with Crippen molar-refractivity contribution in [2.75, 3.05) is 5.32 Å². The molecule has 25 heavy (non-hydrogen) atoms. The number of nitrogens with one attached hydrogen (secondary N) is 2. The Morgan fingerprint density at radius 2 is 1.88 bits per heavy atom. The fraction of sp³-hybridized carbons (Fsp3) is 0. The van der Waals surface area contributed by atoms with Crippen LogP contribution < -0.4 is 21.9 Å². The topological polar surface area (TPSA) is 109 Å². The molecule has 126 valence electrons. The highest BCUT2D eigenvalue weighted by Crippen LogP contribution is 2.22. The molecule has 0 bridgehead atoms. The van der Waals surface area contributed by atoms with Crippen LogP contribution in [0.3, 0.4) is 0 Å². The number of nitrogens with zero attached hydrogens (tertiary/aromatic N) is 2. The number of urea groups is 1. The number of fused-ring (bicyclic) bond motifs is 1. The zero-order valence-electron chi connectivity index (χ0n) is 12.7. The standard InChI is InChI=1S/C16H12FN5O2S/c17-9-5-7-10(8-6-9)19-15(24)21-14(18)22-16-20-13(23)11-3-1-2-4-12(11)25-16/h1-8H,(H4,18,19,20,21,22,23,24). The summed E-state index contributed by atoms with van der Waals surface area (Å²) in [5.74, 6) is -0.637. The zero-order valence-corrected chi connectivity index (χ0v) is 13.5. The number of aromatic nitrogens is 1. The number of aliphatic imine (C=N–C) groups is 1. The van der Waals surface area contributed by atoms with E-state index in [9.17, 15) is 14.0 Å². The smallest absolute Gasteiger partial charge is 0.325 e. The van der Waals surface area contributed by atoms with Gasteiger partial charge in [-0.25, -0.2) is 9.18 Å². The van der Waals surface area contributed by atoms with Gasteiger partial charge in [0.1, 0.15) is 5.82 Å².